The number of carbonyl (C=O) groups excluding carboxylic acids is 1. The topological polar surface area (TPSA) is 105 Å². The van der Waals surface area contributed by atoms with Gasteiger partial charge < -0.3 is 15.0 Å². The van der Waals surface area contributed by atoms with E-state index in [0.717, 1.165) is 24.2 Å². The van der Waals surface area contributed by atoms with Gasteiger partial charge in [0.2, 0.25) is 10.0 Å². The molecule has 14 heteroatoms. The van der Waals surface area contributed by atoms with Gasteiger partial charge in [-0.05, 0) is 54.3 Å². The van der Waals surface area contributed by atoms with Crippen molar-refractivity contribution < 1.29 is 35.5 Å². The van der Waals surface area contributed by atoms with Crippen LogP contribution < -0.4 is 10.2 Å². The van der Waals surface area contributed by atoms with Crippen LogP contribution in [0.3, 0.4) is 0 Å². The van der Waals surface area contributed by atoms with Crippen molar-refractivity contribution in [2.24, 2.45) is 5.92 Å². The molecule has 1 N–H and O–H groups in total. The van der Waals surface area contributed by atoms with Gasteiger partial charge in [-0.2, -0.15) is 17.5 Å². The smallest absolute Gasteiger partial charge is 0.378 e. The number of carbonyl (C=O) groups is 1. The molecule has 0 saturated carbocycles. The minimum Gasteiger partial charge on any atom is -0.378 e. The molecule has 2 aromatic heterocycles. The Labute approximate surface area is 245 Å². The van der Waals surface area contributed by atoms with Gasteiger partial charge >= 0.3 is 6.18 Å². The number of rotatable bonds is 5. The number of alkyl halides is 3. The van der Waals surface area contributed by atoms with Crippen LogP contribution >= 0.6 is 0 Å². The highest BCUT2D eigenvalue weighted by atomic mass is 32.2. The summed E-state index contributed by atoms with van der Waals surface area (Å²) in [5.74, 6) is 4.39. The Morgan fingerprint density at radius 1 is 1.12 bits per heavy atom. The van der Waals surface area contributed by atoms with Crippen LogP contribution in [-0.2, 0) is 20.9 Å². The zero-order chi connectivity index (χ0) is 30.9. The minimum absolute atomic E-state index is 0.119. The molecule has 2 aliphatic heterocycles. The van der Waals surface area contributed by atoms with E-state index in [-0.39, 0.29) is 17.2 Å². The van der Waals surface area contributed by atoms with Crippen LogP contribution in [-0.4, -0.2) is 74.2 Å². The van der Waals surface area contributed by atoms with Crippen LogP contribution in [0, 0.1) is 30.5 Å². The first-order valence-corrected chi connectivity index (χ1v) is 15.1. The van der Waals surface area contributed by atoms with Crippen molar-refractivity contribution in [2.75, 3.05) is 55.9 Å². The van der Waals surface area contributed by atoms with Gasteiger partial charge in [-0.1, -0.05) is 5.92 Å². The number of sulfonamides is 1. The zero-order valence-corrected chi connectivity index (χ0v) is 24.0. The fourth-order valence-corrected chi connectivity index (χ4v) is 5.61. The number of benzene rings is 1. The Morgan fingerprint density at radius 3 is 2.51 bits per heavy atom. The summed E-state index contributed by atoms with van der Waals surface area (Å²) in [7, 11) is -3.26. The molecule has 0 radical (unpaired) electrons. The SMILES string of the molecule is Cc1cc(F)c(NC(=O)c2ccnc(C(F)(F)F)c2)cc1-c1cnc(C#CC2CN(S(C)(=O)=O)C2)c(N2CCOCC2)c1. The summed E-state index contributed by atoms with van der Waals surface area (Å²) in [5.41, 5.74) is 1.14. The fraction of sp³-hybridized carbons (Fsp3) is 0.345. The number of ether oxygens (including phenoxy) is 1. The third-order valence-corrected chi connectivity index (χ3v) is 8.35. The summed E-state index contributed by atoms with van der Waals surface area (Å²) in [4.78, 5) is 22.7. The Kier molecular flexibility index (Phi) is 8.42. The molecule has 9 nitrogen and oxygen atoms in total. The maximum Gasteiger partial charge on any atom is 0.433 e. The second-order valence-electron chi connectivity index (χ2n) is 10.3. The van der Waals surface area contributed by atoms with Gasteiger partial charge in [0.1, 0.15) is 17.2 Å². The number of amides is 1. The van der Waals surface area contributed by atoms with Crippen molar-refractivity contribution in [3.05, 3.63) is 71.1 Å². The number of hydrogen-bond donors (Lipinski definition) is 1. The normalized spacial score (nSPS) is 16.3. The lowest BCUT2D eigenvalue weighted by Crippen LogP contribution is -2.48. The molecule has 4 heterocycles. The molecule has 226 valence electrons. The van der Waals surface area contributed by atoms with E-state index in [9.17, 15) is 30.8 Å². The Balaban J connectivity index is 1.45. The maximum absolute atomic E-state index is 14.9. The number of hydrogen-bond acceptors (Lipinski definition) is 7. The average molecular weight is 618 g/mol. The van der Waals surface area contributed by atoms with Crippen LogP contribution in [0.5, 0.6) is 0 Å². The Bertz CT molecular complexity index is 1720. The lowest BCUT2D eigenvalue weighted by Gasteiger charge is -2.33. The van der Waals surface area contributed by atoms with Gasteiger partial charge in [0.05, 0.1) is 30.8 Å². The van der Waals surface area contributed by atoms with Crippen LogP contribution in [0.1, 0.15) is 27.3 Å². The van der Waals surface area contributed by atoms with Crippen LogP contribution in [0.25, 0.3) is 11.1 Å². The molecule has 1 aromatic carbocycles. The first-order valence-electron chi connectivity index (χ1n) is 13.2. The quantitative estimate of drug-likeness (QED) is 0.342. The van der Waals surface area contributed by atoms with E-state index in [1.165, 1.54) is 16.4 Å². The summed E-state index contributed by atoms with van der Waals surface area (Å²) in [6.45, 7) is 4.49. The Hall–Kier alpha value is -4.06. The summed E-state index contributed by atoms with van der Waals surface area (Å²) < 4.78 is 84.3. The predicted molar refractivity (Wildman–Crippen MR) is 151 cm³/mol. The highest BCUT2D eigenvalue weighted by Crippen LogP contribution is 2.33. The summed E-state index contributed by atoms with van der Waals surface area (Å²) in [6, 6.07) is 6.20. The van der Waals surface area contributed by atoms with E-state index in [0.29, 0.717) is 67.8 Å². The van der Waals surface area contributed by atoms with Crippen LogP contribution in [0.4, 0.5) is 28.9 Å². The number of pyridine rings is 2. The molecular weight excluding hydrogens is 590 g/mol. The van der Waals surface area contributed by atoms with Crippen molar-refractivity contribution in [1.29, 1.82) is 0 Å². The molecule has 5 rings (SSSR count). The van der Waals surface area contributed by atoms with Gasteiger partial charge in [0.15, 0.2) is 0 Å². The molecule has 0 aliphatic carbocycles. The molecule has 3 aromatic rings. The second-order valence-corrected chi connectivity index (χ2v) is 12.2. The van der Waals surface area contributed by atoms with Crippen molar-refractivity contribution in [3.8, 4) is 23.0 Å². The molecular formula is C29H27F4N5O4S. The number of halogens is 4. The zero-order valence-electron chi connectivity index (χ0n) is 23.2. The average Bonchev–Trinajstić information content (AvgIpc) is 2.93. The maximum atomic E-state index is 14.9. The van der Waals surface area contributed by atoms with Gasteiger partial charge in [-0.3, -0.25) is 9.78 Å². The Morgan fingerprint density at radius 2 is 1.84 bits per heavy atom. The molecule has 0 atom stereocenters. The molecule has 0 bridgehead atoms. The van der Waals surface area contributed by atoms with Crippen molar-refractivity contribution >= 4 is 27.3 Å². The molecule has 0 spiro atoms. The lowest BCUT2D eigenvalue weighted by molar-refractivity contribution is -0.141. The van der Waals surface area contributed by atoms with Crippen LogP contribution in [0.15, 0.2) is 42.7 Å². The van der Waals surface area contributed by atoms with Crippen molar-refractivity contribution in [2.45, 2.75) is 13.1 Å². The number of nitrogens with zero attached hydrogens (tertiary/aromatic N) is 4. The van der Waals surface area contributed by atoms with Crippen LogP contribution in [0.2, 0.25) is 0 Å². The minimum atomic E-state index is -4.74. The number of anilines is 2. The predicted octanol–water partition coefficient (Wildman–Crippen LogP) is 3.94. The van der Waals surface area contributed by atoms with E-state index in [1.54, 1.807) is 13.1 Å². The van der Waals surface area contributed by atoms with E-state index < -0.39 is 33.6 Å². The third-order valence-electron chi connectivity index (χ3n) is 7.12. The van der Waals surface area contributed by atoms with Gasteiger partial charge in [0.25, 0.3) is 5.91 Å². The largest absolute Gasteiger partial charge is 0.433 e. The highest BCUT2D eigenvalue weighted by molar-refractivity contribution is 7.88. The molecule has 0 unspecified atom stereocenters. The first kappa shape index (κ1) is 30.4. The highest BCUT2D eigenvalue weighted by Gasteiger charge is 2.33. The van der Waals surface area contributed by atoms with Gasteiger partial charge in [0, 0.05) is 55.6 Å². The van der Waals surface area contributed by atoms with E-state index in [1.807, 2.05) is 6.07 Å². The van der Waals surface area contributed by atoms with Gasteiger partial charge in [-0.25, -0.2) is 17.8 Å². The molecule has 2 fully saturated rings. The standard InChI is InChI=1S/C29H27F4N5O4S/c1-18-11-23(30)25(36-28(39)20-5-6-34-27(13-20)29(31,32)33)14-22(18)21-12-26(37-7-9-42-10-8-37)24(35-15-21)4-3-19-16-38(17-19)43(2,40)41/h5-6,11-15,19H,7-10,16-17H2,1-2H3,(H,36,39). The van der Waals surface area contributed by atoms with E-state index in [2.05, 4.69) is 32.0 Å². The van der Waals surface area contributed by atoms with Gasteiger partial charge in [-0.15, -0.1) is 0 Å². The second kappa shape index (κ2) is 11.9. The van der Waals surface area contributed by atoms with Crippen molar-refractivity contribution in [1.82, 2.24) is 14.3 Å². The molecule has 43 heavy (non-hydrogen) atoms. The summed E-state index contributed by atoms with van der Waals surface area (Å²) >= 11 is 0. The third kappa shape index (κ3) is 6.96. The summed E-state index contributed by atoms with van der Waals surface area (Å²) in [6.07, 6.45) is -1.15. The molecule has 2 aliphatic rings. The molecule has 2 saturated heterocycles. The number of aryl methyl sites for hydroxylation is 1. The lowest BCUT2D eigenvalue weighted by atomic mass is 9.99. The molecule has 1 amide bonds. The number of morpholine rings is 1. The van der Waals surface area contributed by atoms with Crippen molar-refractivity contribution in [3.63, 3.8) is 0 Å². The fourth-order valence-electron chi connectivity index (χ4n) is 4.71. The first-order chi connectivity index (χ1) is 20.3. The number of nitrogens with one attached hydrogen (secondary N) is 1. The number of aromatic nitrogens is 2. The van der Waals surface area contributed by atoms with E-state index >= 15 is 0 Å². The monoisotopic (exact) mass is 617 g/mol. The summed E-state index contributed by atoms with van der Waals surface area (Å²) in [5, 5.41) is 2.37. The van der Waals surface area contributed by atoms with E-state index in [4.69, 9.17) is 4.74 Å².